The molecule has 0 saturated carbocycles. The Balaban J connectivity index is 1.47. The lowest BCUT2D eigenvalue weighted by Crippen LogP contribution is -2.52. The van der Waals surface area contributed by atoms with Crippen molar-refractivity contribution in [3.63, 3.8) is 0 Å². The van der Waals surface area contributed by atoms with E-state index in [9.17, 15) is 8.78 Å². The second-order valence-corrected chi connectivity index (χ2v) is 7.12. The van der Waals surface area contributed by atoms with Gasteiger partial charge in [0.1, 0.15) is 12.2 Å². The van der Waals surface area contributed by atoms with Gasteiger partial charge < -0.3 is 9.72 Å². The molecule has 28 heavy (non-hydrogen) atoms. The molecule has 1 atom stereocenters. The number of piperidine rings is 1. The minimum Gasteiger partial charge on any atom is -0.378 e. The molecule has 4 rings (SSSR count). The van der Waals surface area contributed by atoms with Gasteiger partial charge >= 0.3 is 0 Å². The fourth-order valence-corrected chi connectivity index (χ4v) is 3.55. The Kier molecular flexibility index (Phi) is 5.54. The van der Waals surface area contributed by atoms with Crippen LogP contribution in [0, 0.1) is 5.41 Å². The van der Waals surface area contributed by atoms with Crippen LogP contribution in [0.15, 0.2) is 24.7 Å². The van der Waals surface area contributed by atoms with Gasteiger partial charge in [0.15, 0.2) is 0 Å². The van der Waals surface area contributed by atoms with Gasteiger partial charge in [-0.2, -0.15) is 0 Å². The molecule has 2 fully saturated rings. The molecule has 0 bridgehead atoms. The number of H-pyrrole nitrogens is 1. The second kappa shape index (κ2) is 8.24. The second-order valence-electron chi connectivity index (χ2n) is 7.12. The first-order chi connectivity index (χ1) is 13.6. The molecular formula is C19H22F2N6O. The minimum absolute atomic E-state index is 0.352. The van der Waals surface area contributed by atoms with Crippen LogP contribution in [0.5, 0.6) is 0 Å². The van der Waals surface area contributed by atoms with Gasteiger partial charge in [-0.25, -0.2) is 23.7 Å². The van der Waals surface area contributed by atoms with E-state index in [-0.39, 0.29) is 0 Å². The topological polar surface area (TPSA) is 90.8 Å². The average molecular weight is 388 g/mol. The lowest BCUT2D eigenvalue weighted by Gasteiger charge is -2.41. The van der Waals surface area contributed by atoms with Crippen molar-refractivity contribution in [1.82, 2.24) is 24.8 Å². The molecule has 2 saturated heterocycles. The smallest absolute Gasteiger partial charge is 0.279 e. The molecule has 9 heteroatoms. The minimum atomic E-state index is -2.79. The zero-order valence-electron chi connectivity index (χ0n) is 15.3. The van der Waals surface area contributed by atoms with E-state index in [0.29, 0.717) is 29.2 Å². The van der Waals surface area contributed by atoms with Gasteiger partial charge in [0.05, 0.1) is 42.6 Å². The Bertz CT molecular complexity index is 864. The number of halogens is 2. The van der Waals surface area contributed by atoms with Gasteiger partial charge in [0.2, 0.25) is 0 Å². The number of nitrogens with one attached hydrogen (secondary N) is 2. The van der Waals surface area contributed by atoms with Gasteiger partial charge in [-0.1, -0.05) is 0 Å². The summed E-state index contributed by atoms with van der Waals surface area (Å²) in [5.41, 5.74) is 1.65. The Morgan fingerprint density at radius 2 is 2.18 bits per heavy atom. The van der Waals surface area contributed by atoms with Crippen molar-refractivity contribution in [3.05, 3.63) is 36.2 Å². The highest BCUT2D eigenvalue weighted by atomic mass is 19.3. The number of ether oxygens (including phenoxy) is 1. The average Bonchev–Trinajstić information content (AvgIpc) is 3.14. The molecular weight excluding hydrogens is 366 g/mol. The summed E-state index contributed by atoms with van der Waals surface area (Å²) in [6.07, 6.45) is 4.99. The van der Waals surface area contributed by atoms with Gasteiger partial charge in [0.25, 0.3) is 6.43 Å². The summed E-state index contributed by atoms with van der Waals surface area (Å²) in [6.45, 7) is 3.70. The largest absolute Gasteiger partial charge is 0.378 e. The third kappa shape index (κ3) is 4.15. The standard InChI is InChI=1S/C19H22F2N6O/c20-19(21)14(22)3-4-18-23-7-17(26-18)16-6-15(24-11-25-16)12-2-1-5-27(8-12)13-9-28-10-13/h3-4,6-7,11-13,19,22H,1-2,5,8-10H2,(H,23,26)/b4-3-,22-14?. The summed E-state index contributed by atoms with van der Waals surface area (Å²) >= 11 is 0. The predicted molar refractivity (Wildman–Crippen MR) is 101 cm³/mol. The fourth-order valence-electron chi connectivity index (χ4n) is 3.55. The number of alkyl halides is 2. The van der Waals surface area contributed by atoms with Gasteiger partial charge in [0, 0.05) is 18.2 Å². The van der Waals surface area contributed by atoms with Crippen LogP contribution in [0.3, 0.4) is 0 Å². The molecule has 2 aromatic rings. The Morgan fingerprint density at radius 1 is 1.32 bits per heavy atom. The Morgan fingerprint density at radius 3 is 2.93 bits per heavy atom. The first-order valence-electron chi connectivity index (χ1n) is 9.34. The number of aromatic amines is 1. The molecule has 4 heterocycles. The Labute approximate surface area is 161 Å². The summed E-state index contributed by atoms with van der Waals surface area (Å²) < 4.78 is 30.1. The maximum absolute atomic E-state index is 12.4. The van der Waals surface area contributed by atoms with Crippen molar-refractivity contribution in [1.29, 1.82) is 5.41 Å². The van der Waals surface area contributed by atoms with Crippen LogP contribution in [0.2, 0.25) is 0 Å². The molecule has 7 nitrogen and oxygen atoms in total. The van der Waals surface area contributed by atoms with Crippen LogP contribution in [-0.4, -0.2) is 69.3 Å². The van der Waals surface area contributed by atoms with E-state index in [1.165, 1.54) is 6.08 Å². The number of allylic oxidation sites excluding steroid dienone is 1. The van der Waals surface area contributed by atoms with E-state index in [2.05, 4.69) is 24.8 Å². The summed E-state index contributed by atoms with van der Waals surface area (Å²) in [6, 6.07) is 2.49. The van der Waals surface area contributed by atoms with E-state index in [0.717, 1.165) is 50.9 Å². The monoisotopic (exact) mass is 388 g/mol. The molecule has 2 aromatic heterocycles. The number of imidazole rings is 1. The maximum Gasteiger partial charge on any atom is 0.279 e. The fraction of sp³-hybridized carbons (Fsp3) is 0.474. The van der Waals surface area contributed by atoms with Gasteiger partial charge in [-0.15, -0.1) is 0 Å². The van der Waals surface area contributed by atoms with E-state index in [1.54, 1.807) is 12.5 Å². The number of nitrogens with zero attached hydrogens (tertiary/aromatic N) is 4. The van der Waals surface area contributed by atoms with Crippen LogP contribution in [-0.2, 0) is 4.74 Å². The van der Waals surface area contributed by atoms with Crippen molar-refractivity contribution in [2.24, 2.45) is 0 Å². The number of rotatable bonds is 6. The summed E-state index contributed by atoms with van der Waals surface area (Å²) in [5, 5.41) is 7.16. The summed E-state index contributed by atoms with van der Waals surface area (Å²) in [4.78, 5) is 18.5. The lowest BCUT2D eigenvalue weighted by atomic mass is 9.92. The highest BCUT2D eigenvalue weighted by Crippen LogP contribution is 2.29. The van der Waals surface area contributed by atoms with Crippen molar-refractivity contribution in [2.75, 3.05) is 26.3 Å². The zero-order chi connectivity index (χ0) is 19.5. The van der Waals surface area contributed by atoms with Gasteiger partial charge in [-0.3, -0.25) is 10.3 Å². The maximum atomic E-state index is 12.4. The number of likely N-dealkylation sites (tertiary alicyclic amines) is 1. The van der Waals surface area contributed by atoms with E-state index < -0.39 is 12.1 Å². The SMILES string of the molecule is N=C(/C=C\c1ncc(-c2cc(C3CCCN(C4COC4)C3)ncn2)[nH]1)C(F)F. The normalized spacial score (nSPS) is 21.3. The van der Waals surface area contributed by atoms with Crippen molar-refractivity contribution in [3.8, 4) is 11.4 Å². The highest BCUT2D eigenvalue weighted by Gasteiger charge is 2.31. The zero-order valence-corrected chi connectivity index (χ0v) is 15.3. The molecule has 0 aliphatic carbocycles. The highest BCUT2D eigenvalue weighted by molar-refractivity contribution is 5.97. The molecule has 148 valence electrons. The quantitative estimate of drug-likeness (QED) is 0.743. The predicted octanol–water partition coefficient (Wildman–Crippen LogP) is 2.74. The van der Waals surface area contributed by atoms with Crippen molar-refractivity contribution >= 4 is 11.8 Å². The van der Waals surface area contributed by atoms with Crippen molar-refractivity contribution in [2.45, 2.75) is 31.2 Å². The lowest BCUT2D eigenvalue weighted by molar-refractivity contribution is -0.0723. The van der Waals surface area contributed by atoms with Gasteiger partial charge in [-0.05, 0) is 37.6 Å². The molecule has 2 aliphatic heterocycles. The molecule has 0 aromatic carbocycles. The van der Waals surface area contributed by atoms with E-state index in [4.69, 9.17) is 10.1 Å². The molecule has 2 aliphatic rings. The van der Waals surface area contributed by atoms with Crippen LogP contribution in [0.25, 0.3) is 17.5 Å². The number of hydrogen-bond acceptors (Lipinski definition) is 6. The van der Waals surface area contributed by atoms with E-state index >= 15 is 0 Å². The van der Waals surface area contributed by atoms with Crippen molar-refractivity contribution < 1.29 is 13.5 Å². The first-order valence-corrected chi connectivity index (χ1v) is 9.34. The summed E-state index contributed by atoms with van der Waals surface area (Å²) in [5.74, 6) is 0.749. The van der Waals surface area contributed by atoms with Crippen LogP contribution in [0.1, 0.15) is 30.3 Å². The third-order valence-corrected chi connectivity index (χ3v) is 5.22. The van der Waals surface area contributed by atoms with Crippen LogP contribution >= 0.6 is 0 Å². The molecule has 0 amide bonds. The number of hydrogen-bond donors (Lipinski definition) is 2. The Hall–Kier alpha value is -2.52. The molecule has 0 radical (unpaired) electrons. The summed E-state index contributed by atoms with van der Waals surface area (Å²) in [7, 11) is 0. The number of aromatic nitrogens is 4. The molecule has 1 unspecified atom stereocenters. The molecule has 2 N–H and O–H groups in total. The van der Waals surface area contributed by atoms with E-state index in [1.807, 2.05) is 6.07 Å². The molecule has 0 spiro atoms. The van der Waals surface area contributed by atoms with Crippen LogP contribution in [0.4, 0.5) is 8.78 Å². The third-order valence-electron chi connectivity index (χ3n) is 5.22. The first kappa shape index (κ1) is 18.8. The van der Waals surface area contributed by atoms with Crippen LogP contribution < -0.4 is 0 Å².